The van der Waals surface area contributed by atoms with E-state index in [0.717, 1.165) is 12.1 Å². The Balaban J connectivity index is 2.03. The van der Waals surface area contributed by atoms with Crippen molar-refractivity contribution in [3.63, 3.8) is 0 Å². The molecule has 0 saturated carbocycles. The van der Waals surface area contributed by atoms with Crippen LogP contribution in [0.15, 0.2) is 36.4 Å². The molecule has 2 nitrogen and oxygen atoms in total. The Morgan fingerprint density at radius 2 is 1.38 bits per heavy atom. The van der Waals surface area contributed by atoms with Crippen molar-refractivity contribution in [2.45, 2.75) is 26.2 Å². The molecule has 0 aromatic heterocycles. The van der Waals surface area contributed by atoms with Crippen molar-refractivity contribution in [2.75, 3.05) is 0 Å². The van der Waals surface area contributed by atoms with Crippen LogP contribution < -0.4 is 0 Å². The van der Waals surface area contributed by atoms with E-state index >= 15 is 0 Å². The molecule has 3 aromatic rings. The first kappa shape index (κ1) is 21.3. The summed E-state index contributed by atoms with van der Waals surface area (Å²) in [5.41, 5.74) is 1.45. The van der Waals surface area contributed by atoms with Crippen molar-refractivity contribution in [1.82, 2.24) is 0 Å². The van der Waals surface area contributed by atoms with Crippen LogP contribution in [0.5, 0.6) is 11.5 Å². The lowest BCUT2D eigenvalue weighted by atomic mass is 9.94. The van der Waals surface area contributed by atoms with Crippen LogP contribution in [0, 0.1) is 17.5 Å². The zero-order chi connectivity index (χ0) is 21.5. The van der Waals surface area contributed by atoms with Gasteiger partial charge in [0.25, 0.3) is 0 Å². The summed E-state index contributed by atoms with van der Waals surface area (Å²) in [6.45, 7) is 3.54. The molecule has 0 heterocycles. The van der Waals surface area contributed by atoms with E-state index in [2.05, 4.69) is 0 Å². The van der Waals surface area contributed by atoms with E-state index in [1.54, 1.807) is 13.8 Å². The van der Waals surface area contributed by atoms with Gasteiger partial charge < -0.3 is 10.2 Å². The van der Waals surface area contributed by atoms with E-state index in [9.17, 15) is 23.4 Å². The molecule has 2 N–H and O–H groups in total. The van der Waals surface area contributed by atoms with Gasteiger partial charge in [-0.05, 0) is 58.5 Å². The Kier molecular flexibility index (Phi) is 6.01. The first-order valence-electron chi connectivity index (χ1n) is 8.76. The maximum Gasteiger partial charge on any atom is 0.187 e. The lowest BCUT2D eigenvalue weighted by Gasteiger charge is -2.15. The number of benzene rings is 3. The van der Waals surface area contributed by atoms with Gasteiger partial charge in [0.05, 0.1) is 0 Å². The van der Waals surface area contributed by atoms with Gasteiger partial charge in [-0.3, -0.25) is 0 Å². The highest BCUT2D eigenvalue weighted by Crippen LogP contribution is 2.37. The Morgan fingerprint density at radius 1 is 0.862 bits per heavy atom. The lowest BCUT2D eigenvalue weighted by molar-refractivity contribution is 0.396. The standard InChI is InChI=1S/C22H17Cl2F3O2/c1-10(2)20-19(28)4-3-11(21(20)27)5-14-15(23)6-12(7-16(14)24)13-8-17(25)22(29)18(26)9-13/h3-4,6-10,28-29H,5H2,1-2H3. The van der Waals surface area contributed by atoms with Gasteiger partial charge in [-0.25, -0.2) is 13.2 Å². The minimum atomic E-state index is -1.11. The van der Waals surface area contributed by atoms with Crippen LogP contribution in [0.3, 0.4) is 0 Å². The molecule has 0 atom stereocenters. The predicted molar refractivity (Wildman–Crippen MR) is 108 cm³/mol. The molecule has 0 radical (unpaired) electrons. The fourth-order valence-corrected chi connectivity index (χ4v) is 3.80. The molecule has 7 heteroatoms. The van der Waals surface area contributed by atoms with Crippen molar-refractivity contribution >= 4 is 23.2 Å². The molecule has 0 saturated heterocycles. The first-order chi connectivity index (χ1) is 13.6. The van der Waals surface area contributed by atoms with Crippen LogP contribution in [0.2, 0.25) is 10.0 Å². The van der Waals surface area contributed by atoms with E-state index in [1.807, 2.05) is 0 Å². The van der Waals surface area contributed by atoms with E-state index in [1.165, 1.54) is 24.3 Å². The number of phenolic OH excluding ortho intramolecular Hbond substituents is 2. The summed E-state index contributed by atoms with van der Waals surface area (Å²) in [6, 6.07) is 7.75. The lowest BCUT2D eigenvalue weighted by Crippen LogP contribution is -2.01. The maximum atomic E-state index is 14.9. The third kappa shape index (κ3) is 4.16. The second-order valence-corrected chi connectivity index (χ2v) is 7.82. The number of phenols is 2. The van der Waals surface area contributed by atoms with Crippen molar-refractivity contribution in [1.29, 1.82) is 0 Å². The molecular weight excluding hydrogens is 424 g/mol. The quantitative estimate of drug-likeness (QED) is 0.450. The van der Waals surface area contributed by atoms with Gasteiger partial charge in [-0.15, -0.1) is 0 Å². The minimum Gasteiger partial charge on any atom is -0.508 e. The maximum absolute atomic E-state index is 14.9. The zero-order valence-corrected chi connectivity index (χ0v) is 17.0. The van der Waals surface area contributed by atoms with Gasteiger partial charge in [0.15, 0.2) is 17.4 Å². The summed E-state index contributed by atoms with van der Waals surface area (Å²) in [7, 11) is 0. The molecule has 29 heavy (non-hydrogen) atoms. The van der Waals surface area contributed by atoms with Crippen molar-refractivity contribution in [3.8, 4) is 22.6 Å². The fourth-order valence-electron chi connectivity index (χ4n) is 3.17. The molecule has 0 spiro atoms. The number of aromatic hydroxyl groups is 2. The second-order valence-electron chi connectivity index (χ2n) is 7.01. The Hall–Kier alpha value is -2.37. The molecule has 0 aliphatic heterocycles. The van der Waals surface area contributed by atoms with Crippen LogP contribution in [-0.4, -0.2) is 10.2 Å². The summed E-state index contributed by atoms with van der Waals surface area (Å²) in [4.78, 5) is 0. The van der Waals surface area contributed by atoms with Crippen LogP contribution in [0.25, 0.3) is 11.1 Å². The highest BCUT2D eigenvalue weighted by molar-refractivity contribution is 6.36. The zero-order valence-electron chi connectivity index (χ0n) is 15.5. The smallest absolute Gasteiger partial charge is 0.187 e. The van der Waals surface area contributed by atoms with Crippen molar-refractivity contribution in [3.05, 3.63) is 80.6 Å². The van der Waals surface area contributed by atoms with E-state index in [4.69, 9.17) is 23.2 Å². The number of hydrogen-bond donors (Lipinski definition) is 2. The highest BCUT2D eigenvalue weighted by Gasteiger charge is 2.19. The summed E-state index contributed by atoms with van der Waals surface area (Å²) in [6.07, 6.45) is 0.0715. The molecule has 3 rings (SSSR count). The van der Waals surface area contributed by atoms with E-state index in [-0.39, 0.29) is 39.3 Å². The van der Waals surface area contributed by atoms with Gasteiger partial charge in [0.1, 0.15) is 11.6 Å². The highest BCUT2D eigenvalue weighted by atomic mass is 35.5. The third-order valence-corrected chi connectivity index (χ3v) is 5.35. The Labute approximate surface area is 176 Å². The van der Waals surface area contributed by atoms with Crippen LogP contribution in [0.4, 0.5) is 13.2 Å². The molecule has 3 aromatic carbocycles. The van der Waals surface area contributed by atoms with Gasteiger partial charge in [0, 0.05) is 22.0 Å². The fraction of sp³-hybridized carbons (Fsp3) is 0.182. The van der Waals surface area contributed by atoms with Gasteiger partial charge >= 0.3 is 0 Å². The Bertz CT molecular complexity index is 1050. The van der Waals surface area contributed by atoms with Gasteiger partial charge in [-0.1, -0.05) is 43.1 Å². The predicted octanol–water partition coefficient (Wildman–Crippen LogP) is 7.20. The summed E-state index contributed by atoms with van der Waals surface area (Å²) < 4.78 is 42.2. The molecule has 0 fully saturated rings. The number of rotatable bonds is 4. The third-order valence-electron chi connectivity index (χ3n) is 4.67. The summed E-state index contributed by atoms with van der Waals surface area (Å²) in [5.74, 6) is -4.15. The van der Waals surface area contributed by atoms with Gasteiger partial charge in [-0.2, -0.15) is 0 Å². The average molecular weight is 441 g/mol. The van der Waals surface area contributed by atoms with E-state index < -0.39 is 23.2 Å². The van der Waals surface area contributed by atoms with E-state index in [0.29, 0.717) is 16.7 Å². The molecule has 0 aliphatic rings. The van der Waals surface area contributed by atoms with Crippen molar-refractivity contribution in [2.24, 2.45) is 0 Å². The largest absolute Gasteiger partial charge is 0.508 e. The molecule has 152 valence electrons. The Morgan fingerprint density at radius 3 is 1.90 bits per heavy atom. The van der Waals surface area contributed by atoms with Crippen LogP contribution in [-0.2, 0) is 6.42 Å². The topological polar surface area (TPSA) is 40.5 Å². The first-order valence-corrected chi connectivity index (χ1v) is 9.52. The molecular formula is C22H17Cl2F3O2. The van der Waals surface area contributed by atoms with Gasteiger partial charge in [0.2, 0.25) is 0 Å². The second kappa shape index (κ2) is 8.17. The normalized spacial score (nSPS) is 11.3. The average Bonchev–Trinajstić information content (AvgIpc) is 2.63. The summed E-state index contributed by atoms with van der Waals surface area (Å²) >= 11 is 12.7. The van der Waals surface area contributed by atoms with Crippen LogP contribution >= 0.6 is 23.2 Å². The number of hydrogen-bond acceptors (Lipinski definition) is 2. The summed E-state index contributed by atoms with van der Waals surface area (Å²) in [5, 5.41) is 19.6. The number of halogens is 5. The molecule has 0 bridgehead atoms. The molecule has 0 unspecified atom stereocenters. The minimum absolute atomic E-state index is 0.0715. The SMILES string of the molecule is CC(C)c1c(O)ccc(Cc2c(Cl)cc(-c3cc(F)c(O)c(F)c3)cc2Cl)c1F. The monoisotopic (exact) mass is 440 g/mol. The molecule has 0 amide bonds. The van der Waals surface area contributed by atoms with Crippen LogP contribution in [0.1, 0.15) is 36.5 Å². The van der Waals surface area contributed by atoms with Crippen molar-refractivity contribution < 1.29 is 23.4 Å². The molecule has 0 aliphatic carbocycles.